The maximum atomic E-state index is 11.9. The van der Waals surface area contributed by atoms with Gasteiger partial charge in [-0.1, -0.05) is 32.0 Å². The predicted molar refractivity (Wildman–Crippen MR) is 92.4 cm³/mol. The summed E-state index contributed by atoms with van der Waals surface area (Å²) in [5, 5.41) is 5.11. The van der Waals surface area contributed by atoms with Crippen molar-refractivity contribution in [1.29, 1.82) is 0 Å². The molecule has 0 radical (unpaired) electrons. The van der Waals surface area contributed by atoms with Gasteiger partial charge in [0.05, 0.1) is 13.2 Å². The Morgan fingerprint density at radius 3 is 2.45 bits per heavy atom. The van der Waals surface area contributed by atoms with Crippen molar-refractivity contribution >= 4 is 29.1 Å². The van der Waals surface area contributed by atoms with Crippen molar-refractivity contribution in [3.63, 3.8) is 0 Å². The lowest BCUT2D eigenvalue weighted by Gasteiger charge is -2.15. The van der Waals surface area contributed by atoms with Crippen LogP contribution >= 0.6 is 12.4 Å². The monoisotopic (exact) mass is 322 g/mol. The zero-order chi connectivity index (χ0) is 15.4. The van der Waals surface area contributed by atoms with Crippen molar-refractivity contribution in [2.24, 2.45) is 11.7 Å². The number of fused-ring (bicyclic) bond motifs is 1. The molecule has 120 valence electrons. The van der Waals surface area contributed by atoms with Crippen LogP contribution < -0.4 is 15.8 Å². The quantitative estimate of drug-likeness (QED) is 0.889. The van der Waals surface area contributed by atoms with Crippen molar-refractivity contribution in [2.45, 2.75) is 26.4 Å². The molecule has 5 heteroatoms. The highest BCUT2D eigenvalue weighted by atomic mass is 35.5. The van der Waals surface area contributed by atoms with Crippen LogP contribution in [0, 0.1) is 5.92 Å². The molecule has 3 N–H and O–H groups in total. The topological polar surface area (TPSA) is 64.3 Å². The van der Waals surface area contributed by atoms with Gasteiger partial charge in [-0.15, -0.1) is 12.4 Å². The minimum Gasteiger partial charge on any atom is -0.497 e. The van der Waals surface area contributed by atoms with E-state index >= 15 is 0 Å². The molecule has 1 atom stereocenters. The first-order valence-electron chi connectivity index (χ1n) is 7.11. The van der Waals surface area contributed by atoms with Gasteiger partial charge in [0.15, 0.2) is 0 Å². The molecule has 2 aromatic carbocycles. The zero-order valence-corrected chi connectivity index (χ0v) is 13.9. The lowest BCUT2D eigenvalue weighted by Crippen LogP contribution is -2.43. The number of halogens is 1. The van der Waals surface area contributed by atoms with E-state index in [0.717, 1.165) is 22.1 Å². The first kappa shape index (κ1) is 18.3. The maximum absolute atomic E-state index is 11.9. The van der Waals surface area contributed by atoms with Crippen molar-refractivity contribution < 1.29 is 9.53 Å². The fourth-order valence-corrected chi connectivity index (χ4v) is 2.12. The van der Waals surface area contributed by atoms with Crippen LogP contribution in [0.15, 0.2) is 36.4 Å². The van der Waals surface area contributed by atoms with Gasteiger partial charge in [0, 0.05) is 6.54 Å². The number of carbonyl (C=O) groups excluding carboxylic acids is 1. The van der Waals surface area contributed by atoms with Crippen LogP contribution in [0.3, 0.4) is 0 Å². The molecule has 0 bridgehead atoms. The lowest BCUT2D eigenvalue weighted by atomic mass is 10.0. The number of methoxy groups -OCH3 is 1. The van der Waals surface area contributed by atoms with Gasteiger partial charge in [-0.05, 0) is 40.5 Å². The second kappa shape index (κ2) is 8.01. The molecule has 0 aliphatic heterocycles. The van der Waals surface area contributed by atoms with Gasteiger partial charge >= 0.3 is 0 Å². The number of benzene rings is 2. The van der Waals surface area contributed by atoms with E-state index < -0.39 is 6.04 Å². The van der Waals surface area contributed by atoms with E-state index in [1.165, 1.54) is 0 Å². The highest BCUT2D eigenvalue weighted by molar-refractivity contribution is 5.85. The second-order valence-corrected chi connectivity index (χ2v) is 5.54. The Bertz CT molecular complexity index is 644. The summed E-state index contributed by atoms with van der Waals surface area (Å²) < 4.78 is 5.21. The number of ether oxygens (including phenoxy) is 1. The van der Waals surface area contributed by atoms with Gasteiger partial charge < -0.3 is 15.8 Å². The Morgan fingerprint density at radius 1 is 1.18 bits per heavy atom. The molecule has 0 fully saturated rings. The third kappa shape index (κ3) is 4.36. The molecule has 0 unspecified atom stereocenters. The summed E-state index contributed by atoms with van der Waals surface area (Å²) in [5.74, 6) is 0.861. The van der Waals surface area contributed by atoms with Gasteiger partial charge in [-0.3, -0.25) is 4.79 Å². The molecule has 4 nitrogen and oxygen atoms in total. The summed E-state index contributed by atoms with van der Waals surface area (Å²) in [5.41, 5.74) is 6.87. The van der Waals surface area contributed by atoms with Crippen LogP contribution in [-0.4, -0.2) is 19.1 Å². The third-order valence-electron chi connectivity index (χ3n) is 3.60. The summed E-state index contributed by atoms with van der Waals surface area (Å²) in [4.78, 5) is 11.9. The number of hydrogen-bond acceptors (Lipinski definition) is 3. The standard InChI is InChI=1S/C17H22N2O2.ClH/c1-11(2)16(18)17(20)19-10-12-4-5-14-9-15(21-3)7-6-13(14)8-12;/h4-9,11,16H,10,18H2,1-3H3,(H,19,20);1H/t16-;/m1./s1. The van der Waals surface area contributed by atoms with E-state index in [1.807, 2.05) is 44.2 Å². The molecule has 2 aromatic rings. The Morgan fingerprint density at radius 2 is 1.82 bits per heavy atom. The Hall–Kier alpha value is -1.78. The highest BCUT2D eigenvalue weighted by Gasteiger charge is 2.16. The summed E-state index contributed by atoms with van der Waals surface area (Å²) in [6, 6.07) is 11.6. The number of nitrogens with two attached hydrogens (primary N) is 1. The van der Waals surface area contributed by atoms with Crippen LogP contribution in [0.25, 0.3) is 10.8 Å². The molecule has 0 aliphatic rings. The maximum Gasteiger partial charge on any atom is 0.237 e. The largest absolute Gasteiger partial charge is 0.497 e. The third-order valence-corrected chi connectivity index (χ3v) is 3.60. The Labute approximate surface area is 137 Å². The van der Waals surface area contributed by atoms with Gasteiger partial charge in [-0.2, -0.15) is 0 Å². The summed E-state index contributed by atoms with van der Waals surface area (Å²) >= 11 is 0. The predicted octanol–water partition coefficient (Wildman–Crippen LogP) is 2.87. The van der Waals surface area contributed by atoms with E-state index in [9.17, 15) is 4.79 Å². The fraction of sp³-hybridized carbons (Fsp3) is 0.353. The molecular weight excluding hydrogens is 300 g/mol. The van der Waals surface area contributed by atoms with Crippen molar-refractivity contribution in [2.75, 3.05) is 7.11 Å². The van der Waals surface area contributed by atoms with Crippen LogP contribution in [-0.2, 0) is 11.3 Å². The van der Waals surface area contributed by atoms with Gasteiger partial charge in [0.2, 0.25) is 5.91 Å². The number of amides is 1. The molecule has 0 saturated heterocycles. The Kier molecular flexibility index (Phi) is 6.65. The minimum atomic E-state index is -0.463. The van der Waals surface area contributed by atoms with Crippen molar-refractivity contribution in [1.82, 2.24) is 5.32 Å². The molecule has 0 aliphatic carbocycles. The van der Waals surface area contributed by atoms with E-state index in [2.05, 4.69) is 11.4 Å². The van der Waals surface area contributed by atoms with Crippen LogP contribution in [0.1, 0.15) is 19.4 Å². The average molecular weight is 323 g/mol. The van der Waals surface area contributed by atoms with Crippen molar-refractivity contribution in [3.8, 4) is 5.75 Å². The van der Waals surface area contributed by atoms with E-state index in [4.69, 9.17) is 10.5 Å². The number of nitrogens with one attached hydrogen (secondary N) is 1. The number of rotatable bonds is 5. The molecule has 22 heavy (non-hydrogen) atoms. The van der Waals surface area contributed by atoms with E-state index in [1.54, 1.807) is 7.11 Å². The van der Waals surface area contributed by atoms with Gasteiger partial charge in [0.1, 0.15) is 5.75 Å². The molecule has 0 heterocycles. The van der Waals surface area contributed by atoms with Gasteiger partial charge in [0.25, 0.3) is 0 Å². The van der Waals surface area contributed by atoms with Crippen molar-refractivity contribution in [3.05, 3.63) is 42.0 Å². The Balaban J connectivity index is 0.00000242. The number of hydrogen-bond donors (Lipinski definition) is 2. The van der Waals surface area contributed by atoms with E-state index in [-0.39, 0.29) is 24.2 Å². The fourth-order valence-electron chi connectivity index (χ4n) is 2.12. The van der Waals surface area contributed by atoms with Crippen LogP contribution in [0.5, 0.6) is 5.75 Å². The molecule has 0 aromatic heterocycles. The first-order chi connectivity index (χ1) is 10.0. The number of carbonyl (C=O) groups is 1. The molecule has 0 spiro atoms. The van der Waals surface area contributed by atoms with Crippen LogP contribution in [0.4, 0.5) is 0 Å². The second-order valence-electron chi connectivity index (χ2n) is 5.54. The molecular formula is C17H23ClN2O2. The minimum absolute atomic E-state index is 0. The first-order valence-corrected chi connectivity index (χ1v) is 7.11. The highest BCUT2D eigenvalue weighted by Crippen LogP contribution is 2.21. The average Bonchev–Trinajstić information content (AvgIpc) is 2.50. The zero-order valence-electron chi connectivity index (χ0n) is 13.1. The molecule has 0 saturated carbocycles. The smallest absolute Gasteiger partial charge is 0.237 e. The summed E-state index contributed by atoms with van der Waals surface area (Å²) in [7, 11) is 1.66. The molecule has 2 rings (SSSR count). The summed E-state index contributed by atoms with van der Waals surface area (Å²) in [6.45, 7) is 4.36. The normalized spacial score (nSPS) is 11.9. The van der Waals surface area contributed by atoms with Crippen LogP contribution in [0.2, 0.25) is 0 Å². The van der Waals surface area contributed by atoms with Gasteiger partial charge in [-0.25, -0.2) is 0 Å². The summed E-state index contributed by atoms with van der Waals surface area (Å²) in [6.07, 6.45) is 0. The SMILES string of the molecule is COc1ccc2cc(CNC(=O)[C@H](N)C(C)C)ccc2c1.Cl. The lowest BCUT2D eigenvalue weighted by molar-refractivity contribution is -0.123. The molecule has 1 amide bonds. The van der Waals surface area contributed by atoms with E-state index in [0.29, 0.717) is 6.54 Å².